The summed E-state index contributed by atoms with van der Waals surface area (Å²) in [6.45, 7) is 1.87. The first-order valence-corrected chi connectivity index (χ1v) is 11.3. The highest BCUT2D eigenvalue weighted by Gasteiger charge is 2.20. The number of rotatable bonds is 5. The third-order valence-corrected chi connectivity index (χ3v) is 6.99. The van der Waals surface area contributed by atoms with Gasteiger partial charge in [0, 0.05) is 21.5 Å². The highest BCUT2D eigenvalue weighted by atomic mass is 32.2. The van der Waals surface area contributed by atoms with Crippen LogP contribution < -0.4 is 5.32 Å². The first-order chi connectivity index (χ1) is 14.6. The molecule has 1 aliphatic heterocycles. The number of ketones is 1. The summed E-state index contributed by atoms with van der Waals surface area (Å²) in [4.78, 5) is 35.6. The van der Waals surface area contributed by atoms with Crippen molar-refractivity contribution < 1.29 is 9.59 Å². The maximum Gasteiger partial charge on any atom is 0.228 e. The number of Topliss-reactive ketones (excluding diaryl/α,β-unsaturated/α-hetero) is 1. The van der Waals surface area contributed by atoms with Gasteiger partial charge in [0.2, 0.25) is 5.91 Å². The summed E-state index contributed by atoms with van der Waals surface area (Å²) in [7, 11) is 0. The molecule has 5 nitrogen and oxygen atoms in total. The molecule has 0 spiro atoms. The molecule has 2 aromatic heterocycles. The summed E-state index contributed by atoms with van der Waals surface area (Å²) >= 11 is 3.07. The topological polar surface area (TPSA) is 72.0 Å². The molecule has 0 atom stereocenters. The molecule has 7 heteroatoms. The predicted octanol–water partition coefficient (Wildman–Crippen LogP) is 5.14. The van der Waals surface area contributed by atoms with E-state index in [9.17, 15) is 9.59 Å². The van der Waals surface area contributed by atoms with E-state index in [1.54, 1.807) is 23.5 Å². The van der Waals surface area contributed by atoms with Gasteiger partial charge in [0.1, 0.15) is 15.7 Å². The molecule has 1 aliphatic rings. The zero-order chi connectivity index (χ0) is 20.7. The van der Waals surface area contributed by atoms with Crippen molar-refractivity contribution in [2.75, 3.05) is 11.1 Å². The van der Waals surface area contributed by atoms with Crippen LogP contribution in [0.1, 0.15) is 21.7 Å². The van der Waals surface area contributed by atoms with Crippen molar-refractivity contribution in [3.8, 4) is 10.4 Å². The molecule has 0 saturated heterocycles. The minimum atomic E-state index is -0.0329. The summed E-state index contributed by atoms with van der Waals surface area (Å²) < 4.78 is 0. The second-order valence-corrected chi connectivity index (χ2v) is 9.07. The van der Waals surface area contributed by atoms with Crippen molar-refractivity contribution >= 4 is 50.7 Å². The number of carbonyl (C=O) groups is 2. The highest BCUT2D eigenvalue weighted by molar-refractivity contribution is 8.00. The molecular formula is C23H17N3O2S2. The van der Waals surface area contributed by atoms with Crippen molar-refractivity contribution in [2.24, 2.45) is 0 Å². The number of amides is 1. The number of aromatic nitrogens is 2. The fourth-order valence-electron chi connectivity index (χ4n) is 3.47. The molecule has 1 N–H and O–H groups in total. The van der Waals surface area contributed by atoms with Crippen LogP contribution in [0.4, 0.5) is 5.69 Å². The number of thioether (sulfide) groups is 1. The normalized spacial score (nSPS) is 12.8. The number of nitrogens with one attached hydrogen (secondary N) is 1. The molecule has 148 valence electrons. The smallest absolute Gasteiger partial charge is 0.228 e. The Hall–Kier alpha value is -3.03. The summed E-state index contributed by atoms with van der Waals surface area (Å²) in [5.41, 5.74) is 3.44. The number of thiophene rings is 1. The van der Waals surface area contributed by atoms with E-state index in [1.165, 1.54) is 11.8 Å². The number of fused-ring (bicyclic) bond motifs is 2. The zero-order valence-corrected chi connectivity index (χ0v) is 17.8. The largest absolute Gasteiger partial charge is 0.326 e. The summed E-state index contributed by atoms with van der Waals surface area (Å²) in [5, 5.41) is 4.59. The van der Waals surface area contributed by atoms with Crippen molar-refractivity contribution in [3.63, 3.8) is 0 Å². The number of nitrogens with zero attached hydrogens (tertiary/aromatic N) is 2. The van der Waals surface area contributed by atoms with Crippen molar-refractivity contribution in [3.05, 3.63) is 71.5 Å². The molecule has 1 amide bonds. The number of carbonyl (C=O) groups excluding carboxylic acids is 2. The van der Waals surface area contributed by atoms with Gasteiger partial charge in [0.15, 0.2) is 5.78 Å². The number of benzene rings is 2. The third kappa shape index (κ3) is 3.62. The Morgan fingerprint density at radius 3 is 2.80 bits per heavy atom. The van der Waals surface area contributed by atoms with E-state index >= 15 is 0 Å². The quantitative estimate of drug-likeness (QED) is 0.269. The SMILES string of the molecule is Cc1nc(SCC(=O)c2ccc3c(c2)CC(=O)N3)c2cc(-c3ccccc3)sc2n1. The van der Waals surface area contributed by atoms with Gasteiger partial charge in [-0.05, 0) is 42.3 Å². The second kappa shape index (κ2) is 7.66. The van der Waals surface area contributed by atoms with E-state index in [-0.39, 0.29) is 17.4 Å². The van der Waals surface area contributed by atoms with Gasteiger partial charge in [-0.2, -0.15) is 0 Å². The van der Waals surface area contributed by atoms with E-state index in [1.807, 2.05) is 31.2 Å². The van der Waals surface area contributed by atoms with Gasteiger partial charge in [-0.25, -0.2) is 9.97 Å². The van der Waals surface area contributed by atoms with Crippen LogP contribution in [-0.2, 0) is 11.2 Å². The second-order valence-electron chi connectivity index (χ2n) is 7.08. The average molecular weight is 432 g/mol. The minimum Gasteiger partial charge on any atom is -0.326 e. The van der Waals surface area contributed by atoms with Gasteiger partial charge in [-0.15, -0.1) is 11.3 Å². The number of hydrogen-bond acceptors (Lipinski definition) is 6. The minimum absolute atomic E-state index is 0.0186. The first kappa shape index (κ1) is 19.0. The van der Waals surface area contributed by atoms with Crippen LogP contribution in [0.3, 0.4) is 0 Å². The maximum atomic E-state index is 12.8. The third-order valence-electron chi connectivity index (χ3n) is 4.92. The Kier molecular flexibility index (Phi) is 4.84. The summed E-state index contributed by atoms with van der Waals surface area (Å²) in [5.74, 6) is 0.961. The first-order valence-electron chi connectivity index (χ1n) is 9.49. The van der Waals surface area contributed by atoms with Crippen LogP contribution in [0.25, 0.3) is 20.7 Å². The van der Waals surface area contributed by atoms with Crippen LogP contribution >= 0.6 is 23.1 Å². The predicted molar refractivity (Wildman–Crippen MR) is 121 cm³/mol. The lowest BCUT2D eigenvalue weighted by Gasteiger charge is -2.05. The maximum absolute atomic E-state index is 12.8. The van der Waals surface area contributed by atoms with Crippen molar-refractivity contribution in [1.82, 2.24) is 9.97 Å². The van der Waals surface area contributed by atoms with E-state index in [2.05, 4.69) is 33.5 Å². The van der Waals surface area contributed by atoms with Gasteiger partial charge in [-0.3, -0.25) is 9.59 Å². The highest BCUT2D eigenvalue weighted by Crippen LogP contribution is 2.37. The fourth-order valence-corrected chi connectivity index (χ4v) is 5.56. The van der Waals surface area contributed by atoms with E-state index in [4.69, 9.17) is 0 Å². The molecule has 5 rings (SSSR count). The number of hydrogen-bond donors (Lipinski definition) is 1. The molecule has 0 bridgehead atoms. The molecule has 0 aliphatic carbocycles. The van der Waals surface area contributed by atoms with Gasteiger partial charge in [0.05, 0.1) is 12.2 Å². The fraction of sp³-hybridized carbons (Fsp3) is 0.130. The van der Waals surface area contributed by atoms with Crippen molar-refractivity contribution in [1.29, 1.82) is 0 Å². The lowest BCUT2D eigenvalue weighted by atomic mass is 10.1. The molecule has 30 heavy (non-hydrogen) atoms. The molecular weight excluding hydrogens is 414 g/mol. The van der Waals surface area contributed by atoms with Gasteiger partial charge in [0.25, 0.3) is 0 Å². The Morgan fingerprint density at radius 2 is 1.97 bits per heavy atom. The lowest BCUT2D eigenvalue weighted by molar-refractivity contribution is -0.115. The molecule has 0 unspecified atom stereocenters. The van der Waals surface area contributed by atoms with Gasteiger partial charge >= 0.3 is 0 Å². The lowest BCUT2D eigenvalue weighted by Crippen LogP contribution is -2.03. The zero-order valence-electron chi connectivity index (χ0n) is 16.1. The number of aryl methyl sites for hydroxylation is 1. The van der Waals surface area contributed by atoms with Crippen LogP contribution in [0.2, 0.25) is 0 Å². The van der Waals surface area contributed by atoms with Crippen LogP contribution in [0.5, 0.6) is 0 Å². The standard InChI is InChI=1S/C23H17N3O2S2/c1-13-24-22(17-11-20(30-23(17)25-13)14-5-3-2-4-6-14)29-12-19(27)15-7-8-18-16(9-15)10-21(28)26-18/h2-9,11H,10,12H2,1H3,(H,26,28). The monoisotopic (exact) mass is 431 g/mol. The molecule has 4 aromatic rings. The van der Waals surface area contributed by atoms with Crippen molar-refractivity contribution in [2.45, 2.75) is 18.4 Å². The Balaban J connectivity index is 1.40. The summed E-state index contributed by atoms with van der Waals surface area (Å²) in [6, 6.07) is 17.7. The van der Waals surface area contributed by atoms with E-state index in [0.29, 0.717) is 17.8 Å². The Morgan fingerprint density at radius 1 is 1.13 bits per heavy atom. The summed E-state index contributed by atoms with van der Waals surface area (Å²) in [6.07, 6.45) is 0.326. The van der Waals surface area contributed by atoms with Crippen LogP contribution in [0, 0.1) is 6.92 Å². The Labute approximate surface area is 181 Å². The number of anilines is 1. The Bertz CT molecular complexity index is 1300. The molecule has 0 fully saturated rings. The van der Waals surface area contributed by atoms with E-state index in [0.717, 1.165) is 36.9 Å². The van der Waals surface area contributed by atoms with E-state index < -0.39 is 0 Å². The molecule has 2 aromatic carbocycles. The van der Waals surface area contributed by atoms with Gasteiger partial charge in [-0.1, -0.05) is 42.1 Å². The van der Waals surface area contributed by atoms with Crippen LogP contribution in [-0.4, -0.2) is 27.4 Å². The van der Waals surface area contributed by atoms with Gasteiger partial charge < -0.3 is 5.32 Å². The average Bonchev–Trinajstić information content (AvgIpc) is 3.34. The van der Waals surface area contributed by atoms with Crippen LogP contribution in [0.15, 0.2) is 59.6 Å². The molecule has 0 saturated carbocycles. The molecule has 3 heterocycles. The molecule has 0 radical (unpaired) electrons.